The van der Waals surface area contributed by atoms with Crippen LogP contribution in [0.5, 0.6) is 0 Å². The van der Waals surface area contributed by atoms with Crippen molar-refractivity contribution < 1.29 is 18.7 Å². The molecule has 1 aliphatic carbocycles. The van der Waals surface area contributed by atoms with Gasteiger partial charge >= 0.3 is 0 Å². The molecule has 1 amide bonds. The van der Waals surface area contributed by atoms with E-state index in [9.17, 15) is 4.79 Å². The van der Waals surface area contributed by atoms with E-state index < -0.39 is 0 Å². The first kappa shape index (κ1) is 15.3. The SMILES string of the molecule is C=CCO[C@H]1CC[C@H]2[C@H]1OCCN2C(=O)c1cc(C)oc1C. The Bertz CT molecular complexity index is 565. The van der Waals surface area contributed by atoms with Crippen LogP contribution in [-0.2, 0) is 9.47 Å². The monoisotopic (exact) mass is 305 g/mol. The van der Waals surface area contributed by atoms with Gasteiger partial charge in [0.15, 0.2) is 0 Å². The summed E-state index contributed by atoms with van der Waals surface area (Å²) in [4.78, 5) is 14.8. The quantitative estimate of drug-likeness (QED) is 0.802. The Balaban J connectivity index is 1.76. The Kier molecular flexibility index (Phi) is 4.36. The van der Waals surface area contributed by atoms with E-state index in [2.05, 4.69) is 6.58 Å². The highest BCUT2D eigenvalue weighted by molar-refractivity contribution is 5.95. The fourth-order valence-electron chi connectivity index (χ4n) is 3.54. The first-order valence-corrected chi connectivity index (χ1v) is 7.84. The lowest BCUT2D eigenvalue weighted by molar-refractivity contribution is -0.100. The van der Waals surface area contributed by atoms with Gasteiger partial charge in [0.1, 0.15) is 17.6 Å². The normalized spacial score (nSPS) is 27.7. The minimum absolute atomic E-state index is 0.0362. The van der Waals surface area contributed by atoms with Gasteiger partial charge in [0.2, 0.25) is 0 Å². The Morgan fingerprint density at radius 2 is 2.32 bits per heavy atom. The minimum Gasteiger partial charge on any atom is -0.466 e. The maximum Gasteiger partial charge on any atom is 0.257 e. The molecule has 22 heavy (non-hydrogen) atoms. The molecule has 1 saturated heterocycles. The minimum atomic E-state index is -0.0362. The fraction of sp³-hybridized carbons (Fsp3) is 0.588. The van der Waals surface area contributed by atoms with E-state index in [1.54, 1.807) is 6.08 Å². The Labute approximate surface area is 130 Å². The van der Waals surface area contributed by atoms with Crippen LogP contribution in [-0.4, -0.2) is 48.8 Å². The van der Waals surface area contributed by atoms with Gasteiger partial charge in [0.05, 0.1) is 30.9 Å². The molecule has 5 heteroatoms. The van der Waals surface area contributed by atoms with Crippen molar-refractivity contribution in [3.8, 4) is 0 Å². The van der Waals surface area contributed by atoms with Crippen molar-refractivity contribution in [3.05, 3.63) is 35.8 Å². The van der Waals surface area contributed by atoms with E-state index in [-0.39, 0.29) is 24.2 Å². The molecule has 5 nitrogen and oxygen atoms in total. The van der Waals surface area contributed by atoms with Crippen LogP contribution < -0.4 is 0 Å². The smallest absolute Gasteiger partial charge is 0.257 e. The number of nitrogens with zero attached hydrogens (tertiary/aromatic N) is 1. The lowest BCUT2D eigenvalue weighted by Gasteiger charge is -2.39. The number of fused-ring (bicyclic) bond motifs is 1. The summed E-state index contributed by atoms with van der Waals surface area (Å²) in [5, 5.41) is 0. The van der Waals surface area contributed by atoms with Crippen molar-refractivity contribution in [1.29, 1.82) is 0 Å². The Morgan fingerprint density at radius 1 is 1.50 bits per heavy atom. The van der Waals surface area contributed by atoms with E-state index in [4.69, 9.17) is 13.9 Å². The topological polar surface area (TPSA) is 51.9 Å². The number of aryl methyl sites for hydroxylation is 2. The van der Waals surface area contributed by atoms with Gasteiger partial charge in [-0.25, -0.2) is 0 Å². The highest BCUT2D eigenvalue weighted by Gasteiger charge is 2.45. The van der Waals surface area contributed by atoms with Crippen molar-refractivity contribution in [3.63, 3.8) is 0 Å². The summed E-state index contributed by atoms with van der Waals surface area (Å²) in [6.45, 7) is 9.07. The van der Waals surface area contributed by atoms with Gasteiger partial charge in [-0.15, -0.1) is 6.58 Å². The van der Waals surface area contributed by atoms with Crippen LogP contribution >= 0.6 is 0 Å². The summed E-state index contributed by atoms with van der Waals surface area (Å²) in [6.07, 6.45) is 3.58. The molecule has 0 radical (unpaired) electrons. The second-order valence-corrected chi connectivity index (χ2v) is 5.97. The molecular formula is C17H23NO4. The number of morpholine rings is 1. The molecule has 0 N–H and O–H groups in total. The molecule has 2 heterocycles. The molecule has 1 aromatic rings. The molecule has 3 atom stereocenters. The van der Waals surface area contributed by atoms with E-state index >= 15 is 0 Å². The molecule has 0 spiro atoms. The van der Waals surface area contributed by atoms with Crippen LogP contribution in [0.15, 0.2) is 23.1 Å². The summed E-state index contributed by atoms with van der Waals surface area (Å²) in [5.41, 5.74) is 0.661. The molecule has 2 fully saturated rings. The molecule has 1 saturated carbocycles. The highest BCUT2D eigenvalue weighted by atomic mass is 16.5. The van der Waals surface area contributed by atoms with Crippen LogP contribution in [0.1, 0.15) is 34.7 Å². The van der Waals surface area contributed by atoms with Gasteiger partial charge in [-0.05, 0) is 32.8 Å². The fourth-order valence-corrected chi connectivity index (χ4v) is 3.54. The lowest BCUT2D eigenvalue weighted by Crippen LogP contribution is -2.54. The summed E-state index contributed by atoms with van der Waals surface area (Å²) in [6, 6.07) is 1.91. The van der Waals surface area contributed by atoms with E-state index in [1.807, 2.05) is 24.8 Å². The third-order valence-corrected chi connectivity index (χ3v) is 4.50. The summed E-state index contributed by atoms with van der Waals surface area (Å²) < 4.78 is 17.2. The molecule has 0 aromatic carbocycles. The van der Waals surface area contributed by atoms with E-state index in [0.29, 0.717) is 31.1 Å². The molecule has 120 valence electrons. The number of hydrogen-bond acceptors (Lipinski definition) is 4. The zero-order chi connectivity index (χ0) is 15.7. The van der Waals surface area contributed by atoms with Crippen molar-refractivity contribution >= 4 is 5.91 Å². The second-order valence-electron chi connectivity index (χ2n) is 5.97. The second kappa shape index (κ2) is 6.26. The zero-order valence-electron chi connectivity index (χ0n) is 13.2. The molecule has 0 unspecified atom stereocenters. The molecule has 2 aliphatic rings. The average molecular weight is 305 g/mol. The maximum atomic E-state index is 12.9. The summed E-state index contributed by atoms with van der Waals surface area (Å²) >= 11 is 0. The largest absolute Gasteiger partial charge is 0.466 e. The Hall–Kier alpha value is -1.59. The van der Waals surface area contributed by atoms with Crippen LogP contribution in [0.25, 0.3) is 0 Å². The van der Waals surface area contributed by atoms with Crippen molar-refractivity contribution in [2.75, 3.05) is 19.8 Å². The molecular weight excluding hydrogens is 282 g/mol. The summed E-state index contributed by atoms with van der Waals surface area (Å²) in [5.74, 6) is 1.49. The first-order valence-electron chi connectivity index (χ1n) is 7.84. The lowest BCUT2D eigenvalue weighted by atomic mass is 10.1. The number of furan rings is 1. The van der Waals surface area contributed by atoms with Gasteiger partial charge in [0.25, 0.3) is 5.91 Å². The third-order valence-electron chi connectivity index (χ3n) is 4.50. The number of ether oxygens (including phenoxy) is 2. The molecule has 1 aliphatic heterocycles. The predicted octanol–water partition coefficient (Wildman–Crippen LogP) is 2.47. The number of rotatable bonds is 4. The van der Waals surface area contributed by atoms with Gasteiger partial charge < -0.3 is 18.8 Å². The number of carbonyl (C=O) groups is 1. The number of amides is 1. The van der Waals surface area contributed by atoms with Crippen LogP contribution in [0.2, 0.25) is 0 Å². The number of hydrogen-bond donors (Lipinski definition) is 0. The van der Waals surface area contributed by atoms with Crippen LogP contribution in [0.3, 0.4) is 0 Å². The number of carbonyl (C=O) groups excluding carboxylic acids is 1. The third kappa shape index (κ3) is 2.71. The molecule has 0 bridgehead atoms. The zero-order valence-corrected chi connectivity index (χ0v) is 13.2. The van der Waals surface area contributed by atoms with Crippen LogP contribution in [0.4, 0.5) is 0 Å². The van der Waals surface area contributed by atoms with Gasteiger partial charge in [-0.2, -0.15) is 0 Å². The van der Waals surface area contributed by atoms with E-state index in [0.717, 1.165) is 18.6 Å². The molecule has 3 rings (SSSR count). The highest BCUT2D eigenvalue weighted by Crippen LogP contribution is 2.33. The van der Waals surface area contributed by atoms with Gasteiger partial charge in [-0.1, -0.05) is 6.08 Å². The average Bonchev–Trinajstić information content (AvgIpc) is 3.07. The maximum absolute atomic E-state index is 12.9. The predicted molar refractivity (Wildman–Crippen MR) is 81.9 cm³/mol. The molecule has 1 aromatic heterocycles. The van der Waals surface area contributed by atoms with E-state index in [1.165, 1.54) is 0 Å². The first-order chi connectivity index (χ1) is 10.6. The van der Waals surface area contributed by atoms with Crippen molar-refractivity contribution in [2.45, 2.75) is 44.9 Å². The van der Waals surface area contributed by atoms with Gasteiger partial charge in [0, 0.05) is 6.54 Å². The van der Waals surface area contributed by atoms with Crippen LogP contribution in [0, 0.1) is 13.8 Å². The van der Waals surface area contributed by atoms with Gasteiger partial charge in [-0.3, -0.25) is 4.79 Å². The Morgan fingerprint density at radius 3 is 3.00 bits per heavy atom. The van der Waals surface area contributed by atoms with Crippen molar-refractivity contribution in [1.82, 2.24) is 4.90 Å². The van der Waals surface area contributed by atoms with Crippen molar-refractivity contribution in [2.24, 2.45) is 0 Å². The standard InChI is InChI=1S/C17H23NO4/c1-4-8-20-15-6-5-14-16(15)21-9-7-18(14)17(19)13-10-11(2)22-12(13)3/h4,10,14-16H,1,5-9H2,2-3H3/t14-,15-,16+/m0/s1. The summed E-state index contributed by atoms with van der Waals surface area (Å²) in [7, 11) is 0.